The van der Waals surface area contributed by atoms with Crippen LogP contribution in [0.2, 0.25) is 0 Å². The number of carbonyl (C=O) groups excluding carboxylic acids is 5. The van der Waals surface area contributed by atoms with E-state index in [2.05, 4.69) is 30.7 Å². The Morgan fingerprint density at radius 1 is 0.966 bits per heavy atom. The molecule has 3 saturated heterocycles. The molecule has 5 heterocycles. The summed E-state index contributed by atoms with van der Waals surface area (Å²) in [6.07, 6.45) is 4.88. The standard InChI is InChI=1S/C42H47F3N8O6/c1-41(2,59)30-22-31(46)25(20-33(30)49-37(55)32-4-3-5-35(48-32)42(43,44)45)23-47-26-13-16-51(17-14-26)15-10-24-11-18-52(19-12-24)27-6-7-28-29(21-27)40(58)53(39(28)57)34-8-9-36(54)50-38(34)56/h3-7,20-24,26,34,46-47,59H,8-19H2,1-2H3,(H,49,55)(H,50,54,56)/b25-23-,46-31?. The summed E-state index contributed by atoms with van der Waals surface area (Å²) < 4.78 is 39.7. The number of hydrogen-bond acceptors (Lipinski definition) is 11. The van der Waals surface area contributed by atoms with E-state index < -0.39 is 58.7 Å². The van der Waals surface area contributed by atoms with Crippen molar-refractivity contribution in [3.63, 3.8) is 0 Å². The number of likely N-dealkylation sites (tertiary alicyclic amines) is 1. The van der Waals surface area contributed by atoms with Crippen LogP contribution in [0.1, 0.15) is 95.7 Å². The van der Waals surface area contributed by atoms with Gasteiger partial charge in [-0.05, 0) is 107 Å². The highest BCUT2D eigenvalue weighted by Gasteiger charge is 2.45. The van der Waals surface area contributed by atoms with Gasteiger partial charge in [0.2, 0.25) is 11.8 Å². The van der Waals surface area contributed by atoms with Gasteiger partial charge in [-0.15, -0.1) is 0 Å². The van der Waals surface area contributed by atoms with Gasteiger partial charge in [0.25, 0.3) is 17.7 Å². The number of halogens is 3. The predicted molar refractivity (Wildman–Crippen MR) is 210 cm³/mol. The van der Waals surface area contributed by atoms with Gasteiger partial charge in [-0.1, -0.05) is 6.07 Å². The van der Waals surface area contributed by atoms with Gasteiger partial charge < -0.3 is 30.9 Å². The molecular formula is C42H47F3N8O6. The summed E-state index contributed by atoms with van der Waals surface area (Å²) in [6, 6.07) is 7.44. The number of carbonyl (C=O) groups is 5. The van der Waals surface area contributed by atoms with Crippen LogP contribution in [0.4, 0.5) is 18.9 Å². The van der Waals surface area contributed by atoms with Crippen LogP contribution in [0, 0.1) is 11.3 Å². The van der Waals surface area contributed by atoms with Crippen molar-refractivity contribution in [3.8, 4) is 0 Å². The first kappa shape index (κ1) is 41.5. The van der Waals surface area contributed by atoms with Gasteiger partial charge in [-0.3, -0.25) is 34.2 Å². The molecule has 0 saturated carbocycles. The number of nitrogens with one attached hydrogen (secondary N) is 4. The molecule has 4 aliphatic heterocycles. The Hall–Kier alpha value is -5.68. The number of aromatic nitrogens is 1. The first-order valence-corrected chi connectivity index (χ1v) is 19.9. The number of fused-ring (bicyclic) bond motifs is 1. The molecule has 3 fully saturated rings. The second-order valence-corrected chi connectivity index (χ2v) is 16.2. The molecule has 5 N–H and O–H groups in total. The van der Waals surface area contributed by atoms with E-state index in [-0.39, 0.29) is 47.0 Å². The summed E-state index contributed by atoms with van der Waals surface area (Å²) in [7, 11) is 0. The Morgan fingerprint density at radius 3 is 2.36 bits per heavy atom. The monoisotopic (exact) mass is 816 g/mol. The van der Waals surface area contributed by atoms with Crippen molar-refractivity contribution < 1.29 is 42.3 Å². The number of imide groups is 2. The topological polar surface area (TPSA) is 188 Å². The van der Waals surface area contributed by atoms with Crippen LogP contribution in [0.25, 0.3) is 0 Å². The molecule has 1 aromatic heterocycles. The SMILES string of the molecule is CC(C)(O)C1=CC(=N)/C(=C\NC2CCN(CCC3CCN(c4ccc5c(c4)C(=O)N(C4CCC(=O)NC4=O)C5=O)CC3)CC2)C=C1NC(=O)c1cccc(C(F)(F)F)n1. The maximum Gasteiger partial charge on any atom is 0.433 e. The minimum Gasteiger partial charge on any atom is -0.388 e. The lowest BCUT2D eigenvalue weighted by Gasteiger charge is -2.36. The molecule has 2 aromatic rings. The smallest absolute Gasteiger partial charge is 0.388 e. The maximum atomic E-state index is 13.3. The van der Waals surface area contributed by atoms with Crippen LogP contribution in [0.15, 0.2) is 71.6 Å². The van der Waals surface area contributed by atoms with Gasteiger partial charge in [0.1, 0.15) is 17.4 Å². The van der Waals surface area contributed by atoms with Gasteiger partial charge in [0.15, 0.2) is 0 Å². The molecule has 0 spiro atoms. The van der Waals surface area contributed by atoms with Crippen LogP contribution in [-0.4, -0.2) is 106 Å². The number of rotatable bonds is 10. The Kier molecular flexibility index (Phi) is 11.6. The molecule has 312 valence electrons. The van der Waals surface area contributed by atoms with Crippen molar-refractivity contribution in [2.75, 3.05) is 37.6 Å². The number of pyridine rings is 1. The van der Waals surface area contributed by atoms with Crippen molar-refractivity contribution in [2.24, 2.45) is 5.92 Å². The van der Waals surface area contributed by atoms with Crippen molar-refractivity contribution in [1.29, 1.82) is 5.41 Å². The highest BCUT2D eigenvalue weighted by molar-refractivity contribution is 6.23. The van der Waals surface area contributed by atoms with E-state index in [4.69, 9.17) is 5.41 Å². The van der Waals surface area contributed by atoms with E-state index in [1.165, 1.54) is 32.1 Å². The number of hydrogen-bond donors (Lipinski definition) is 5. The fourth-order valence-corrected chi connectivity index (χ4v) is 8.28. The van der Waals surface area contributed by atoms with Gasteiger partial charge in [-0.25, -0.2) is 4.98 Å². The first-order valence-electron chi connectivity index (χ1n) is 19.9. The molecule has 7 rings (SSSR count). The van der Waals surface area contributed by atoms with E-state index >= 15 is 0 Å². The van der Waals surface area contributed by atoms with Gasteiger partial charge >= 0.3 is 6.18 Å². The number of piperidine rings is 3. The number of anilines is 1. The van der Waals surface area contributed by atoms with E-state index in [9.17, 15) is 42.3 Å². The van der Waals surface area contributed by atoms with Crippen LogP contribution >= 0.6 is 0 Å². The molecule has 1 atom stereocenters. The summed E-state index contributed by atoms with van der Waals surface area (Å²) in [4.78, 5) is 72.6. The zero-order chi connectivity index (χ0) is 42.2. The molecule has 14 nitrogen and oxygen atoms in total. The molecule has 17 heteroatoms. The number of alkyl halides is 3. The lowest BCUT2D eigenvalue weighted by molar-refractivity contribution is -0.141. The number of nitrogens with zero attached hydrogens (tertiary/aromatic N) is 4. The molecule has 5 amide bonds. The Morgan fingerprint density at radius 2 is 1.68 bits per heavy atom. The summed E-state index contributed by atoms with van der Waals surface area (Å²) in [5.41, 5.74) is -0.762. The fourth-order valence-electron chi connectivity index (χ4n) is 8.28. The zero-order valence-corrected chi connectivity index (χ0v) is 32.8. The minimum atomic E-state index is -4.72. The van der Waals surface area contributed by atoms with E-state index in [0.29, 0.717) is 11.5 Å². The third-order valence-electron chi connectivity index (χ3n) is 11.7. The summed E-state index contributed by atoms with van der Waals surface area (Å²) in [6.45, 7) is 7.34. The van der Waals surface area contributed by atoms with Gasteiger partial charge in [0.05, 0.1) is 22.4 Å². The minimum absolute atomic E-state index is 0.0696. The Balaban J connectivity index is 0.878. The summed E-state index contributed by atoms with van der Waals surface area (Å²) >= 11 is 0. The first-order chi connectivity index (χ1) is 28.0. The number of amides is 5. The normalized spacial score (nSPS) is 22.0. The lowest BCUT2D eigenvalue weighted by atomic mass is 9.87. The summed E-state index contributed by atoms with van der Waals surface area (Å²) in [5.74, 6) is -2.41. The molecule has 59 heavy (non-hydrogen) atoms. The van der Waals surface area contributed by atoms with E-state index in [1.807, 2.05) is 6.07 Å². The summed E-state index contributed by atoms with van der Waals surface area (Å²) in [5, 5.41) is 27.6. The number of aliphatic hydroxyl groups is 1. The maximum absolute atomic E-state index is 13.3. The Labute approximate surface area is 339 Å². The molecule has 5 aliphatic rings. The van der Waals surface area contributed by atoms with Crippen molar-refractivity contribution in [1.82, 2.24) is 30.7 Å². The zero-order valence-electron chi connectivity index (χ0n) is 32.8. The molecule has 0 bridgehead atoms. The number of benzene rings is 1. The second-order valence-electron chi connectivity index (χ2n) is 16.2. The highest BCUT2D eigenvalue weighted by atomic mass is 19.4. The highest BCUT2D eigenvalue weighted by Crippen LogP contribution is 2.34. The third-order valence-corrected chi connectivity index (χ3v) is 11.7. The molecule has 1 aliphatic carbocycles. The van der Waals surface area contributed by atoms with Crippen LogP contribution in [0.5, 0.6) is 0 Å². The molecule has 0 radical (unpaired) electrons. The van der Waals surface area contributed by atoms with E-state index in [0.717, 1.165) is 87.5 Å². The van der Waals surface area contributed by atoms with Gasteiger partial charge in [0, 0.05) is 67.4 Å². The van der Waals surface area contributed by atoms with Crippen LogP contribution in [0.3, 0.4) is 0 Å². The lowest BCUT2D eigenvalue weighted by Crippen LogP contribution is -2.54. The number of allylic oxidation sites excluding steroid dienone is 3. The molecular weight excluding hydrogens is 770 g/mol. The largest absolute Gasteiger partial charge is 0.433 e. The van der Waals surface area contributed by atoms with Crippen LogP contribution < -0.4 is 20.9 Å². The second kappa shape index (κ2) is 16.5. The molecule has 1 aromatic carbocycles. The van der Waals surface area contributed by atoms with Crippen molar-refractivity contribution in [3.05, 3.63) is 94.1 Å². The van der Waals surface area contributed by atoms with Crippen molar-refractivity contribution >= 4 is 40.9 Å². The van der Waals surface area contributed by atoms with Crippen LogP contribution in [-0.2, 0) is 15.8 Å². The average molecular weight is 817 g/mol. The Bertz CT molecular complexity index is 2160. The fraction of sp³-hybridized carbons (Fsp3) is 0.452. The van der Waals surface area contributed by atoms with Crippen molar-refractivity contribution in [2.45, 2.75) is 82.7 Å². The van der Waals surface area contributed by atoms with Gasteiger partial charge in [-0.2, -0.15) is 13.2 Å². The third kappa shape index (κ3) is 9.15. The van der Waals surface area contributed by atoms with E-state index in [1.54, 1.807) is 18.3 Å². The predicted octanol–water partition coefficient (Wildman–Crippen LogP) is 4.09. The molecule has 1 unspecified atom stereocenters. The average Bonchev–Trinajstić information content (AvgIpc) is 3.44. The quantitative estimate of drug-likeness (QED) is 0.219.